The molecular weight excluding hydrogens is 264 g/mol. The van der Waals surface area contributed by atoms with Gasteiger partial charge in [0.25, 0.3) is 0 Å². The standard InChI is InChI=1S/C13H24N2O5/c1-19-9-10-4-3-5-15(8-10)13(18)14-7-11(20-2)6-12(16)17/h10-11H,3-9H2,1-2H3,(H,14,18)(H,16,17). The second-order valence-corrected chi connectivity index (χ2v) is 5.05. The zero-order chi connectivity index (χ0) is 15.0. The summed E-state index contributed by atoms with van der Waals surface area (Å²) in [6.07, 6.45) is 1.40. The highest BCUT2D eigenvalue weighted by Gasteiger charge is 2.24. The number of hydrogen-bond acceptors (Lipinski definition) is 4. The molecule has 7 heteroatoms. The van der Waals surface area contributed by atoms with Gasteiger partial charge in [0.1, 0.15) is 0 Å². The Hall–Kier alpha value is -1.34. The molecule has 2 unspecified atom stereocenters. The molecule has 0 saturated carbocycles. The van der Waals surface area contributed by atoms with E-state index in [4.69, 9.17) is 14.6 Å². The van der Waals surface area contributed by atoms with E-state index in [1.54, 1.807) is 12.0 Å². The molecule has 116 valence electrons. The molecule has 0 radical (unpaired) electrons. The van der Waals surface area contributed by atoms with E-state index in [1.807, 2.05) is 0 Å². The largest absolute Gasteiger partial charge is 0.481 e. The van der Waals surface area contributed by atoms with Crippen LogP contribution in [0.15, 0.2) is 0 Å². The first kappa shape index (κ1) is 16.7. The summed E-state index contributed by atoms with van der Waals surface area (Å²) in [6, 6.07) is -0.168. The molecule has 7 nitrogen and oxygen atoms in total. The molecule has 1 aliphatic rings. The van der Waals surface area contributed by atoms with Crippen molar-refractivity contribution in [3.05, 3.63) is 0 Å². The molecule has 0 aliphatic carbocycles. The van der Waals surface area contributed by atoms with E-state index in [0.29, 0.717) is 19.1 Å². The van der Waals surface area contributed by atoms with E-state index < -0.39 is 12.1 Å². The van der Waals surface area contributed by atoms with Crippen molar-refractivity contribution in [2.75, 3.05) is 40.5 Å². The Balaban J connectivity index is 2.35. The zero-order valence-electron chi connectivity index (χ0n) is 12.1. The highest BCUT2D eigenvalue weighted by atomic mass is 16.5. The maximum absolute atomic E-state index is 12.0. The fraction of sp³-hybridized carbons (Fsp3) is 0.846. The molecule has 0 bridgehead atoms. The second kappa shape index (κ2) is 8.76. The monoisotopic (exact) mass is 288 g/mol. The number of piperidine rings is 1. The van der Waals surface area contributed by atoms with Crippen LogP contribution >= 0.6 is 0 Å². The van der Waals surface area contributed by atoms with Gasteiger partial charge in [-0.2, -0.15) is 0 Å². The number of carbonyl (C=O) groups excluding carboxylic acids is 1. The summed E-state index contributed by atoms with van der Waals surface area (Å²) in [5.41, 5.74) is 0. The molecule has 2 N–H and O–H groups in total. The summed E-state index contributed by atoms with van der Waals surface area (Å²) in [5, 5.41) is 11.4. The van der Waals surface area contributed by atoms with Crippen molar-refractivity contribution in [2.45, 2.75) is 25.4 Å². The smallest absolute Gasteiger partial charge is 0.317 e. The molecule has 0 aromatic heterocycles. The van der Waals surface area contributed by atoms with E-state index >= 15 is 0 Å². The molecular formula is C13H24N2O5. The van der Waals surface area contributed by atoms with Crippen LogP contribution in [0.2, 0.25) is 0 Å². The van der Waals surface area contributed by atoms with E-state index in [-0.39, 0.29) is 19.0 Å². The fourth-order valence-electron chi connectivity index (χ4n) is 2.37. The molecule has 1 aliphatic heterocycles. The van der Waals surface area contributed by atoms with Crippen LogP contribution in [0.25, 0.3) is 0 Å². The number of nitrogens with zero attached hydrogens (tertiary/aromatic N) is 1. The van der Waals surface area contributed by atoms with Gasteiger partial charge in [-0.15, -0.1) is 0 Å². The van der Waals surface area contributed by atoms with Gasteiger partial charge in [0, 0.05) is 39.8 Å². The Bertz CT molecular complexity index is 322. The fourth-order valence-corrected chi connectivity index (χ4v) is 2.37. The minimum atomic E-state index is -0.941. The van der Waals surface area contributed by atoms with Crippen molar-refractivity contribution in [3.8, 4) is 0 Å². The SMILES string of the molecule is COCC1CCCN(C(=O)NCC(CC(=O)O)OC)C1. The van der Waals surface area contributed by atoms with Gasteiger partial charge in [-0.3, -0.25) is 4.79 Å². The number of urea groups is 1. The van der Waals surface area contributed by atoms with Gasteiger partial charge in [-0.25, -0.2) is 4.79 Å². The normalized spacial score (nSPS) is 20.5. The Labute approximate surface area is 119 Å². The second-order valence-electron chi connectivity index (χ2n) is 5.05. The van der Waals surface area contributed by atoms with Crippen molar-refractivity contribution in [1.29, 1.82) is 0 Å². The molecule has 1 heterocycles. The Morgan fingerprint density at radius 3 is 2.80 bits per heavy atom. The number of ether oxygens (including phenoxy) is 2. The average Bonchev–Trinajstić information content (AvgIpc) is 2.43. The minimum absolute atomic E-state index is 0.122. The lowest BCUT2D eigenvalue weighted by Crippen LogP contribution is -2.48. The number of hydrogen-bond donors (Lipinski definition) is 2. The van der Waals surface area contributed by atoms with Crippen molar-refractivity contribution in [2.24, 2.45) is 5.92 Å². The summed E-state index contributed by atoms with van der Waals surface area (Å²) < 4.78 is 10.1. The number of amides is 2. The molecule has 0 aromatic rings. The van der Waals surface area contributed by atoms with Gasteiger partial charge < -0.3 is 24.8 Å². The Morgan fingerprint density at radius 1 is 1.45 bits per heavy atom. The van der Waals surface area contributed by atoms with Crippen LogP contribution in [0.3, 0.4) is 0 Å². The molecule has 2 atom stereocenters. The van der Waals surface area contributed by atoms with Gasteiger partial charge in [0.05, 0.1) is 19.1 Å². The first-order valence-corrected chi connectivity index (χ1v) is 6.83. The molecule has 20 heavy (non-hydrogen) atoms. The lowest BCUT2D eigenvalue weighted by Gasteiger charge is -2.32. The van der Waals surface area contributed by atoms with E-state index in [1.165, 1.54) is 7.11 Å². The maximum atomic E-state index is 12.0. The minimum Gasteiger partial charge on any atom is -0.481 e. The number of carbonyl (C=O) groups is 2. The van der Waals surface area contributed by atoms with Crippen LogP contribution in [-0.4, -0.2) is 68.6 Å². The van der Waals surface area contributed by atoms with Gasteiger partial charge >= 0.3 is 12.0 Å². The van der Waals surface area contributed by atoms with Crippen LogP contribution in [0, 0.1) is 5.92 Å². The Morgan fingerprint density at radius 2 is 2.20 bits per heavy atom. The van der Waals surface area contributed by atoms with Crippen LogP contribution < -0.4 is 5.32 Å². The third-order valence-corrected chi connectivity index (χ3v) is 3.43. The van der Waals surface area contributed by atoms with Gasteiger partial charge in [-0.1, -0.05) is 0 Å². The van der Waals surface area contributed by atoms with Crippen molar-refractivity contribution < 1.29 is 24.2 Å². The number of methoxy groups -OCH3 is 2. The predicted octanol–water partition coefficient (Wildman–Crippen LogP) is 0.544. The quantitative estimate of drug-likeness (QED) is 0.714. The summed E-state index contributed by atoms with van der Waals surface area (Å²) in [5.74, 6) is -0.569. The van der Waals surface area contributed by atoms with Crippen LogP contribution in [-0.2, 0) is 14.3 Å². The molecule has 1 fully saturated rings. The van der Waals surface area contributed by atoms with E-state index in [9.17, 15) is 9.59 Å². The predicted molar refractivity (Wildman–Crippen MR) is 72.6 cm³/mol. The number of rotatable bonds is 7. The number of carboxylic acid groups (broad SMARTS) is 1. The molecule has 0 aromatic carbocycles. The van der Waals surface area contributed by atoms with Crippen LogP contribution in [0.4, 0.5) is 4.79 Å². The van der Waals surface area contributed by atoms with E-state index in [0.717, 1.165) is 19.4 Å². The van der Waals surface area contributed by atoms with Gasteiger partial charge in [0.2, 0.25) is 0 Å². The Kier molecular flexibility index (Phi) is 7.32. The first-order chi connectivity index (χ1) is 9.56. The molecule has 1 rings (SSSR count). The molecule has 1 saturated heterocycles. The van der Waals surface area contributed by atoms with Gasteiger partial charge in [0.15, 0.2) is 0 Å². The van der Waals surface area contributed by atoms with Crippen molar-refractivity contribution >= 4 is 12.0 Å². The highest BCUT2D eigenvalue weighted by molar-refractivity contribution is 5.74. The number of aliphatic carboxylic acids is 1. The van der Waals surface area contributed by atoms with Gasteiger partial charge in [-0.05, 0) is 12.8 Å². The summed E-state index contributed by atoms with van der Waals surface area (Å²) in [4.78, 5) is 24.4. The zero-order valence-corrected chi connectivity index (χ0v) is 12.1. The lowest BCUT2D eigenvalue weighted by molar-refractivity contribution is -0.139. The lowest BCUT2D eigenvalue weighted by atomic mass is 9.99. The van der Waals surface area contributed by atoms with Crippen LogP contribution in [0.1, 0.15) is 19.3 Å². The summed E-state index contributed by atoms with van der Waals surface area (Å²) in [6.45, 7) is 2.26. The number of carboxylic acids is 1. The first-order valence-electron chi connectivity index (χ1n) is 6.83. The third-order valence-electron chi connectivity index (χ3n) is 3.43. The van der Waals surface area contributed by atoms with Crippen molar-refractivity contribution in [3.63, 3.8) is 0 Å². The van der Waals surface area contributed by atoms with Crippen molar-refractivity contribution in [1.82, 2.24) is 10.2 Å². The number of nitrogens with one attached hydrogen (secondary N) is 1. The number of likely N-dealkylation sites (tertiary alicyclic amines) is 1. The van der Waals surface area contributed by atoms with E-state index in [2.05, 4.69) is 5.32 Å². The highest BCUT2D eigenvalue weighted by Crippen LogP contribution is 2.16. The molecule has 2 amide bonds. The maximum Gasteiger partial charge on any atom is 0.317 e. The summed E-state index contributed by atoms with van der Waals surface area (Å²) >= 11 is 0. The summed E-state index contributed by atoms with van der Waals surface area (Å²) in [7, 11) is 3.10. The molecule has 0 spiro atoms. The topological polar surface area (TPSA) is 88.1 Å². The average molecular weight is 288 g/mol. The third kappa shape index (κ3) is 5.75. The van der Waals surface area contributed by atoms with Crippen LogP contribution in [0.5, 0.6) is 0 Å².